The molecule has 2 heterocycles. The first-order valence-corrected chi connectivity index (χ1v) is 10.1. The molecule has 1 aromatic rings. The van der Waals surface area contributed by atoms with Crippen LogP contribution in [-0.4, -0.2) is 83.8 Å². The Morgan fingerprint density at radius 2 is 2.17 bits per heavy atom. The van der Waals surface area contributed by atoms with E-state index in [1.165, 1.54) is 6.07 Å². The van der Waals surface area contributed by atoms with Crippen molar-refractivity contribution in [1.29, 1.82) is 0 Å². The minimum atomic E-state index is -3.24. The Bertz CT molecular complexity index is 668. The van der Waals surface area contributed by atoms with E-state index in [1.54, 1.807) is 6.07 Å². The van der Waals surface area contributed by atoms with Gasteiger partial charge < -0.3 is 14.2 Å². The summed E-state index contributed by atoms with van der Waals surface area (Å²) in [4.78, 5) is 6.22. The van der Waals surface area contributed by atoms with Crippen LogP contribution in [0.5, 0.6) is 0 Å². The van der Waals surface area contributed by atoms with E-state index in [9.17, 15) is 17.2 Å². The van der Waals surface area contributed by atoms with E-state index in [2.05, 4.69) is 4.98 Å². The van der Waals surface area contributed by atoms with Crippen LogP contribution in [0.3, 0.4) is 0 Å². The molecule has 2 rings (SSSR count). The Labute approximate surface area is 161 Å². The van der Waals surface area contributed by atoms with Gasteiger partial charge in [0.2, 0.25) is 11.1 Å². The van der Waals surface area contributed by atoms with Gasteiger partial charge in [-0.3, -0.25) is 0 Å². The monoisotopic (exact) mass is 372 g/mol. The van der Waals surface area contributed by atoms with E-state index in [1.807, 2.05) is 11.8 Å². The molecule has 0 aliphatic carbocycles. The molecule has 23 heavy (non-hydrogen) atoms. The Morgan fingerprint density at radius 3 is 2.74 bits per heavy atom. The van der Waals surface area contributed by atoms with Crippen LogP contribution in [0.4, 0.5) is 5.82 Å². The van der Waals surface area contributed by atoms with Gasteiger partial charge >= 0.3 is 29.6 Å². The van der Waals surface area contributed by atoms with Crippen LogP contribution in [0.1, 0.15) is 18.9 Å². The summed E-state index contributed by atoms with van der Waals surface area (Å²) in [6, 6.07) is 3.16. The topological polar surface area (TPSA) is 96.8 Å². The molecule has 1 aliphatic heterocycles. The van der Waals surface area contributed by atoms with E-state index in [4.69, 9.17) is 4.74 Å². The first-order chi connectivity index (χ1) is 10.3. The summed E-state index contributed by atoms with van der Waals surface area (Å²) in [5.74, 6) is 0.335. The van der Waals surface area contributed by atoms with Gasteiger partial charge in [0.1, 0.15) is 5.82 Å². The molecule has 10 heteroatoms. The standard InChI is InChI=1S/C13H20N2O5S2.Na.H/c1-3-11-8-20-5-4-15(11)12-6-10(9-22(2,18)19)7-13(14-12)21(16)17;;/h6-7,11H,3-5,8-9H2,1-2H3,(H,16,17);;/t11-;;/m0../s1. The first-order valence-electron chi connectivity index (χ1n) is 6.94. The predicted molar refractivity (Wildman–Crippen MR) is 91.2 cm³/mol. The number of anilines is 1. The van der Waals surface area contributed by atoms with Gasteiger partial charge in [-0.05, 0) is 24.1 Å². The van der Waals surface area contributed by atoms with E-state index >= 15 is 0 Å². The molecule has 1 fully saturated rings. The third-order valence-electron chi connectivity index (χ3n) is 3.45. The zero-order valence-corrected chi connectivity index (χ0v) is 14.2. The number of aromatic nitrogens is 1. The fourth-order valence-corrected chi connectivity index (χ4v) is 3.66. The first kappa shape index (κ1) is 21.0. The molecule has 0 radical (unpaired) electrons. The Hall–Kier alpha value is -0.0300. The molecular weight excluding hydrogens is 351 g/mol. The number of hydrogen-bond acceptors (Lipinski definition) is 6. The van der Waals surface area contributed by atoms with Gasteiger partial charge in [0.25, 0.3) is 0 Å². The maximum absolute atomic E-state index is 11.5. The quantitative estimate of drug-likeness (QED) is 0.581. The Morgan fingerprint density at radius 1 is 1.48 bits per heavy atom. The molecule has 0 aromatic carbocycles. The number of ether oxygens (including phenoxy) is 1. The average molecular weight is 372 g/mol. The molecule has 0 saturated carbocycles. The van der Waals surface area contributed by atoms with Gasteiger partial charge in [0.15, 0.2) is 14.9 Å². The molecule has 1 aliphatic rings. The van der Waals surface area contributed by atoms with Crippen molar-refractivity contribution in [2.24, 2.45) is 0 Å². The summed E-state index contributed by atoms with van der Waals surface area (Å²) in [5.41, 5.74) is 0.464. The van der Waals surface area contributed by atoms with Crippen molar-refractivity contribution in [3.05, 3.63) is 17.7 Å². The molecule has 1 saturated heterocycles. The summed E-state index contributed by atoms with van der Waals surface area (Å²) in [7, 11) is -3.24. The summed E-state index contributed by atoms with van der Waals surface area (Å²) < 4.78 is 49.1. The fraction of sp³-hybridized carbons (Fsp3) is 0.615. The van der Waals surface area contributed by atoms with Crippen molar-refractivity contribution >= 4 is 56.3 Å². The number of nitrogens with zero attached hydrogens (tertiary/aromatic N) is 2. The van der Waals surface area contributed by atoms with E-state index < -0.39 is 20.9 Å². The SMILES string of the molecule is CC[C@H]1COCCN1c1cc(CS(C)(=O)=O)cc([S@@](=O)O)n1.[NaH]. The second-order valence-electron chi connectivity index (χ2n) is 5.32. The van der Waals surface area contributed by atoms with Gasteiger partial charge in [-0.25, -0.2) is 17.6 Å². The molecule has 0 unspecified atom stereocenters. The van der Waals surface area contributed by atoms with Gasteiger partial charge in [-0.1, -0.05) is 6.92 Å². The van der Waals surface area contributed by atoms with Crippen molar-refractivity contribution in [2.75, 3.05) is 30.9 Å². The third-order valence-corrected chi connectivity index (χ3v) is 4.87. The number of rotatable bonds is 5. The molecular formula is C13H21N2NaO5S2. The summed E-state index contributed by atoms with van der Waals surface area (Å²) in [6.07, 6.45) is 1.97. The van der Waals surface area contributed by atoms with Crippen LogP contribution in [0.25, 0.3) is 0 Å². The van der Waals surface area contributed by atoms with Gasteiger partial charge in [-0.15, -0.1) is 0 Å². The van der Waals surface area contributed by atoms with Crippen molar-refractivity contribution < 1.29 is 21.9 Å². The van der Waals surface area contributed by atoms with E-state index in [-0.39, 0.29) is 46.4 Å². The van der Waals surface area contributed by atoms with Crippen LogP contribution in [0.15, 0.2) is 17.2 Å². The normalized spacial score (nSPS) is 20.0. The number of morpholine rings is 1. The molecule has 7 nitrogen and oxygen atoms in total. The van der Waals surface area contributed by atoms with Crippen molar-refractivity contribution in [2.45, 2.75) is 30.2 Å². The van der Waals surface area contributed by atoms with Gasteiger partial charge in [0.05, 0.1) is 25.0 Å². The van der Waals surface area contributed by atoms with Crippen LogP contribution in [0, 0.1) is 0 Å². The van der Waals surface area contributed by atoms with Gasteiger partial charge in [0, 0.05) is 12.8 Å². The Balaban J connectivity index is 0.00000264. The second kappa shape index (κ2) is 8.89. The van der Waals surface area contributed by atoms with Crippen LogP contribution >= 0.6 is 0 Å². The molecule has 0 bridgehead atoms. The average Bonchev–Trinajstić information content (AvgIpc) is 2.45. The molecule has 0 spiro atoms. The fourth-order valence-electron chi connectivity index (χ4n) is 2.46. The number of sulfone groups is 1. The van der Waals surface area contributed by atoms with Gasteiger partial charge in [-0.2, -0.15) is 0 Å². The van der Waals surface area contributed by atoms with E-state index in [0.717, 1.165) is 12.7 Å². The summed E-state index contributed by atoms with van der Waals surface area (Å²) in [6.45, 7) is 3.75. The molecule has 126 valence electrons. The Kier molecular flexibility index (Phi) is 8.12. The van der Waals surface area contributed by atoms with Crippen LogP contribution in [0.2, 0.25) is 0 Å². The van der Waals surface area contributed by atoms with Crippen molar-refractivity contribution in [3.8, 4) is 0 Å². The summed E-state index contributed by atoms with van der Waals surface area (Å²) >= 11 is -2.26. The molecule has 1 N–H and O–H groups in total. The molecule has 0 amide bonds. The van der Waals surface area contributed by atoms with Crippen molar-refractivity contribution in [3.63, 3.8) is 0 Å². The number of hydrogen-bond donors (Lipinski definition) is 1. The predicted octanol–water partition coefficient (Wildman–Crippen LogP) is 0.174. The van der Waals surface area contributed by atoms with E-state index in [0.29, 0.717) is 31.1 Å². The maximum atomic E-state index is 11.5. The molecule has 1 aromatic heterocycles. The zero-order chi connectivity index (χ0) is 16.3. The minimum absolute atomic E-state index is 0. The number of pyridine rings is 1. The molecule has 2 atom stereocenters. The van der Waals surface area contributed by atoms with Crippen LogP contribution in [-0.2, 0) is 31.4 Å². The second-order valence-corrected chi connectivity index (χ2v) is 8.38. The van der Waals surface area contributed by atoms with Crippen molar-refractivity contribution in [1.82, 2.24) is 4.98 Å². The van der Waals surface area contributed by atoms with Crippen LogP contribution < -0.4 is 4.90 Å². The third kappa shape index (κ3) is 6.08. The zero-order valence-electron chi connectivity index (χ0n) is 12.6. The summed E-state index contributed by atoms with van der Waals surface area (Å²) in [5, 5.41) is -0.0301.